The van der Waals surface area contributed by atoms with E-state index in [4.69, 9.17) is 4.52 Å². The Morgan fingerprint density at radius 2 is 2.58 bits per heavy atom. The molecule has 0 saturated heterocycles. The Kier molecular flexibility index (Phi) is 3.16. The van der Waals surface area contributed by atoms with Crippen molar-refractivity contribution in [2.45, 2.75) is 13.3 Å². The number of aryl methyl sites for hydroxylation is 1. The van der Waals surface area contributed by atoms with E-state index in [9.17, 15) is 4.79 Å². The van der Waals surface area contributed by atoms with E-state index >= 15 is 0 Å². The number of rotatable bonds is 3. The standard InChI is InChI=1S/C7H10N2O2S/c1-5-3-6(11-8-5)4-7(10)9-12-2/h3H,4H2,1-2H3,(H,9,10). The van der Waals surface area contributed by atoms with Gasteiger partial charge in [0.05, 0.1) is 12.1 Å². The maximum absolute atomic E-state index is 11.0. The summed E-state index contributed by atoms with van der Waals surface area (Å²) in [6.45, 7) is 1.82. The van der Waals surface area contributed by atoms with Crippen molar-refractivity contribution in [2.24, 2.45) is 0 Å². The lowest BCUT2D eigenvalue weighted by Crippen LogP contribution is -2.16. The predicted molar refractivity (Wildman–Crippen MR) is 46.6 cm³/mol. The highest BCUT2D eigenvalue weighted by Crippen LogP contribution is 2.03. The minimum absolute atomic E-state index is 0.0707. The number of hydrogen-bond acceptors (Lipinski definition) is 4. The highest BCUT2D eigenvalue weighted by atomic mass is 32.2. The van der Waals surface area contributed by atoms with Gasteiger partial charge in [0.1, 0.15) is 5.76 Å². The topological polar surface area (TPSA) is 55.1 Å². The first-order chi connectivity index (χ1) is 5.72. The number of carbonyl (C=O) groups is 1. The van der Waals surface area contributed by atoms with Gasteiger partial charge in [-0.05, 0) is 6.92 Å². The van der Waals surface area contributed by atoms with E-state index in [1.807, 2.05) is 6.92 Å². The fraction of sp³-hybridized carbons (Fsp3) is 0.429. The van der Waals surface area contributed by atoms with Crippen molar-refractivity contribution in [3.63, 3.8) is 0 Å². The molecule has 0 radical (unpaired) electrons. The summed E-state index contributed by atoms with van der Waals surface area (Å²) >= 11 is 1.27. The predicted octanol–water partition coefficient (Wildman–Crippen LogP) is 0.920. The van der Waals surface area contributed by atoms with Crippen molar-refractivity contribution < 1.29 is 9.32 Å². The average Bonchev–Trinajstić information content (AvgIpc) is 2.36. The Hall–Kier alpha value is -0.970. The fourth-order valence-corrected chi connectivity index (χ4v) is 1.11. The molecule has 0 aliphatic carbocycles. The van der Waals surface area contributed by atoms with Gasteiger partial charge in [0, 0.05) is 12.3 Å². The summed E-state index contributed by atoms with van der Waals surface area (Å²) in [5, 5.41) is 3.67. The Balaban J connectivity index is 2.46. The summed E-state index contributed by atoms with van der Waals surface area (Å²) in [6.07, 6.45) is 2.05. The van der Waals surface area contributed by atoms with Crippen LogP contribution in [0, 0.1) is 6.92 Å². The van der Waals surface area contributed by atoms with Gasteiger partial charge in [0.15, 0.2) is 0 Å². The molecule has 0 bridgehead atoms. The minimum atomic E-state index is -0.0707. The van der Waals surface area contributed by atoms with Crippen LogP contribution in [0.4, 0.5) is 0 Å². The van der Waals surface area contributed by atoms with Gasteiger partial charge in [0.2, 0.25) is 5.91 Å². The van der Waals surface area contributed by atoms with E-state index in [0.717, 1.165) is 5.69 Å². The van der Waals surface area contributed by atoms with Crippen molar-refractivity contribution in [1.29, 1.82) is 0 Å². The molecule has 0 unspecified atom stereocenters. The zero-order valence-corrected chi connectivity index (χ0v) is 7.77. The molecular weight excluding hydrogens is 176 g/mol. The Bertz CT molecular complexity index is 272. The van der Waals surface area contributed by atoms with Crippen molar-refractivity contribution in [3.8, 4) is 0 Å². The van der Waals surface area contributed by atoms with Crippen LogP contribution in [-0.4, -0.2) is 17.3 Å². The van der Waals surface area contributed by atoms with Crippen molar-refractivity contribution in [3.05, 3.63) is 17.5 Å². The van der Waals surface area contributed by atoms with Crippen LogP contribution >= 0.6 is 11.9 Å². The monoisotopic (exact) mass is 186 g/mol. The second-order valence-corrected chi connectivity index (χ2v) is 2.95. The molecular formula is C7H10N2O2S. The van der Waals surface area contributed by atoms with Gasteiger partial charge in [-0.2, -0.15) is 0 Å². The first-order valence-corrected chi connectivity index (χ1v) is 4.69. The average molecular weight is 186 g/mol. The molecule has 1 aromatic heterocycles. The lowest BCUT2D eigenvalue weighted by molar-refractivity contribution is -0.118. The Morgan fingerprint density at radius 1 is 1.83 bits per heavy atom. The summed E-state index contributed by atoms with van der Waals surface area (Å²) in [4.78, 5) is 11.0. The van der Waals surface area contributed by atoms with Gasteiger partial charge in [-0.1, -0.05) is 17.1 Å². The van der Waals surface area contributed by atoms with Gasteiger partial charge < -0.3 is 4.52 Å². The highest BCUT2D eigenvalue weighted by molar-refractivity contribution is 7.97. The van der Waals surface area contributed by atoms with Crippen LogP contribution in [0.25, 0.3) is 0 Å². The van der Waals surface area contributed by atoms with E-state index in [-0.39, 0.29) is 12.3 Å². The zero-order chi connectivity index (χ0) is 8.97. The van der Waals surface area contributed by atoms with Crippen LogP contribution in [0.2, 0.25) is 0 Å². The summed E-state index contributed by atoms with van der Waals surface area (Å²) < 4.78 is 7.45. The Labute approximate surface area is 74.8 Å². The minimum Gasteiger partial charge on any atom is -0.361 e. The molecule has 12 heavy (non-hydrogen) atoms. The molecule has 1 N–H and O–H groups in total. The maximum Gasteiger partial charge on any atom is 0.237 e. The summed E-state index contributed by atoms with van der Waals surface area (Å²) in [6, 6.07) is 1.75. The van der Waals surface area contributed by atoms with Gasteiger partial charge >= 0.3 is 0 Å². The van der Waals surface area contributed by atoms with Crippen LogP contribution < -0.4 is 4.72 Å². The van der Waals surface area contributed by atoms with Gasteiger partial charge in [0.25, 0.3) is 0 Å². The van der Waals surface area contributed by atoms with Gasteiger partial charge in [-0.3, -0.25) is 9.52 Å². The van der Waals surface area contributed by atoms with Crippen molar-refractivity contribution >= 4 is 17.9 Å². The number of amides is 1. The number of aromatic nitrogens is 1. The van der Waals surface area contributed by atoms with Crippen LogP contribution in [0.15, 0.2) is 10.6 Å². The highest BCUT2D eigenvalue weighted by Gasteiger charge is 2.06. The fourth-order valence-electron chi connectivity index (χ4n) is 0.808. The Morgan fingerprint density at radius 3 is 3.08 bits per heavy atom. The molecule has 66 valence electrons. The van der Waals surface area contributed by atoms with E-state index in [1.165, 1.54) is 11.9 Å². The molecule has 0 atom stereocenters. The van der Waals surface area contributed by atoms with E-state index in [0.29, 0.717) is 5.76 Å². The summed E-state index contributed by atoms with van der Waals surface area (Å²) in [5.41, 5.74) is 0.793. The quantitative estimate of drug-likeness (QED) is 0.713. The number of nitrogens with one attached hydrogen (secondary N) is 1. The second-order valence-electron chi connectivity index (χ2n) is 2.34. The molecule has 1 rings (SSSR count). The van der Waals surface area contributed by atoms with Crippen LogP contribution in [0.5, 0.6) is 0 Å². The number of carbonyl (C=O) groups excluding carboxylic acids is 1. The zero-order valence-electron chi connectivity index (χ0n) is 6.96. The van der Waals surface area contributed by atoms with E-state index < -0.39 is 0 Å². The second kappa shape index (κ2) is 4.15. The first kappa shape index (κ1) is 9.12. The summed E-state index contributed by atoms with van der Waals surface area (Å²) in [7, 11) is 0. The third kappa shape index (κ3) is 2.58. The lowest BCUT2D eigenvalue weighted by atomic mass is 10.3. The molecule has 4 nitrogen and oxygen atoms in total. The normalized spacial score (nSPS) is 9.83. The van der Waals surface area contributed by atoms with Crippen LogP contribution in [0.3, 0.4) is 0 Å². The third-order valence-electron chi connectivity index (χ3n) is 1.23. The van der Waals surface area contributed by atoms with Gasteiger partial charge in [-0.25, -0.2) is 0 Å². The molecule has 0 fully saturated rings. The first-order valence-electron chi connectivity index (χ1n) is 3.46. The largest absolute Gasteiger partial charge is 0.361 e. The molecule has 0 spiro atoms. The van der Waals surface area contributed by atoms with E-state index in [2.05, 4.69) is 9.88 Å². The lowest BCUT2D eigenvalue weighted by Gasteiger charge is -1.95. The molecule has 1 amide bonds. The third-order valence-corrected chi connectivity index (χ3v) is 1.66. The molecule has 0 aromatic carbocycles. The number of hydrogen-bond donors (Lipinski definition) is 1. The van der Waals surface area contributed by atoms with Crippen LogP contribution in [-0.2, 0) is 11.2 Å². The molecule has 0 aliphatic heterocycles. The maximum atomic E-state index is 11.0. The van der Waals surface area contributed by atoms with Crippen molar-refractivity contribution in [2.75, 3.05) is 6.26 Å². The van der Waals surface area contributed by atoms with Crippen LogP contribution in [0.1, 0.15) is 11.5 Å². The van der Waals surface area contributed by atoms with Crippen molar-refractivity contribution in [1.82, 2.24) is 9.88 Å². The van der Waals surface area contributed by atoms with Gasteiger partial charge in [-0.15, -0.1) is 0 Å². The smallest absolute Gasteiger partial charge is 0.237 e. The molecule has 0 saturated carbocycles. The number of nitrogens with zero attached hydrogens (tertiary/aromatic N) is 1. The molecule has 0 aliphatic rings. The molecule has 5 heteroatoms. The summed E-state index contributed by atoms with van der Waals surface area (Å²) in [5.74, 6) is 0.526. The molecule has 1 heterocycles. The SMILES string of the molecule is CSNC(=O)Cc1cc(C)no1. The molecule has 1 aromatic rings. The van der Waals surface area contributed by atoms with E-state index in [1.54, 1.807) is 12.3 Å².